The zero-order chi connectivity index (χ0) is 24.0. The van der Waals surface area contributed by atoms with E-state index in [0.717, 1.165) is 11.0 Å². The quantitative estimate of drug-likeness (QED) is 0.423. The first kappa shape index (κ1) is 21.7. The predicted octanol–water partition coefficient (Wildman–Crippen LogP) is 3.68. The van der Waals surface area contributed by atoms with Crippen LogP contribution in [0.1, 0.15) is 67.5 Å². The second-order valence-corrected chi connectivity index (χ2v) is 9.47. The Kier molecular flexibility index (Phi) is 5.15. The standard InChI is InChI=1S/C24H25N7O3/c1-12(27-23(33)20-14-6-8-19(32)30-21(14)26-11-25-20)18-10-17(31-34-18)22-28-15-7-5-13(24(2,3)4)9-16(15)29-22/h5,7,9-12H,6,8H2,1-4H3,(H,27,33)(H,28,29)(H,25,26,30,32)/t12-/m1/s1. The van der Waals surface area contributed by atoms with Crippen LogP contribution in [-0.4, -0.2) is 36.9 Å². The monoisotopic (exact) mass is 459 g/mol. The van der Waals surface area contributed by atoms with E-state index in [4.69, 9.17) is 4.52 Å². The topological polar surface area (TPSA) is 139 Å². The summed E-state index contributed by atoms with van der Waals surface area (Å²) in [6.45, 7) is 8.29. The first-order valence-electron chi connectivity index (χ1n) is 11.1. The number of aromatic amines is 1. The number of benzene rings is 1. The lowest BCUT2D eigenvalue weighted by atomic mass is 9.87. The number of aromatic nitrogens is 5. The first-order chi connectivity index (χ1) is 16.2. The van der Waals surface area contributed by atoms with E-state index in [0.29, 0.717) is 35.1 Å². The molecule has 1 aliphatic rings. The third-order valence-corrected chi connectivity index (χ3v) is 5.91. The average molecular weight is 460 g/mol. The summed E-state index contributed by atoms with van der Waals surface area (Å²) >= 11 is 0. The Morgan fingerprint density at radius 2 is 2.00 bits per heavy atom. The fraction of sp³-hybridized carbons (Fsp3) is 0.333. The Bertz CT molecular complexity index is 1410. The molecule has 3 N–H and O–H groups in total. The van der Waals surface area contributed by atoms with Crippen LogP contribution in [0.3, 0.4) is 0 Å². The molecule has 0 saturated carbocycles. The van der Waals surface area contributed by atoms with E-state index in [1.807, 2.05) is 6.07 Å². The van der Waals surface area contributed by atoms with Gasteiger partial charge in [-0.05, 0) is 36.5 Å². The molecular formula is C24H25N7O3. The summed E-state index contributed by atoms with van der Waals surface area (Å²) in [5.74, 6) is 0.954. The molecule has 0 unspecified atom stereocenters. The van der Waals surface area contributed by atoms with Gasteiger partial charge in [0.15, 0.2) is 11.6 Å². The highest BCUT2D eigenvalue weighted by atomic mass is 16.5. The summed E-state index contributed by atoms with van der Waals surface area (Å²) < 4.78 is 5.50. The molecule has 1 atom stereocenters. The van der Waals surface area contributed by atoms with E-state index in [1.165, 1.54) is 11.9 Å². The highest BCUT2D eigenvalue weighted by Crippen LogP contribution is 2.28. The molecule has 1 aromatic carbocycles. The van der Waals surface area contributed by atoms with Crippen LogP contribution in [0, 0.1) is 0 Å². The molecule has 0 spiro atoms. The summed E-state index contributed by atoms with van der Waals surface area (Å²) in [6.07, 6.45) is 1.97. The average Bonchev–Trinajstić information content (AvgIpc) is 3.44. The smallest absolute Gasteiger partial charge is 0.270 e. The van der Waals surface area contributed by atoms with Crippen molar-refractivity contribution in [3.8, 4) is 11.5 Å². The molecular weight excluding hydrogens is 434 g/mol. The van der Waals surface area contributed by atoms with Crippen molar-refractivity contribution in [1.82, 2.24) is 30.4 Å². The van der Waals surface area contributed by atoms with Gasteiger partial charge in [-0.25, -0.2) is 15.0 Å². The van der Waals surface area contributed by atoms with Crippen molar-refractivity contribution in [3.63, 3.8) is 0 Å². The molecule has 10 nitrogen and oxygen atoms in total. The molecule has 0 saturated heterocycles. The Balaban J connectivity index is 1.35. The molecule has 0 fully saturated rings. The van der Waals surface area contributed by atoms with Crippen molar-refractivity contribution in [3.05, 3.63) is 53.2 Å². The summed E-state index contributed by atoms with van der Waals surface area (Å²) in [6, 6.07) is 7.46. The molecule has 1 aliphatic heterocycles. The van der Waals surface area contributed by atoms with E-state index in [-0.39, 0.29) is 29.3 Å². The van der Waals surface area contributed by atoms with Gasteiger partial charge in [-0.15, -0.1) is 0 Å². The maximum atomic E-state index is 12.9. The van der Waals surface area contributed by atoms with E-state index < -0.39 is 6.04 Å². The van der Waals surface area contributed by atoms with Crippen LogP contribution in [-0.2, 0) is 16.6 Å². The molecule has 2 amide bonds. The minimum atomic E-state index is -0.464. The zero-order valence-corrected chi connectivity index (χ0v) is 19.4. The van der Waals surface area contributed by atoms with E-state index in [1.54, 1.807) is 13.0 Å². The van der Waals surface area contributed by atoms with Crippen molar-refractivity contribution in [2.24, 2.45) is 0 Å². The number of amides is 2. The fourth-order valence-corrected chi connectivity index (χ4v) is 3.92. The van der Waals surface area contributed by atoms with Crippen molar-refractivity contribution < 1.29 is 14.1 Å². The number of anilines is 1. The lowest BCUT2D eigenvalue weighted by Crippen LogP contribution is -2.30. The minimum absolute atomic E-state index is 0.0304. The van der Waals surface area contributed by atoms with Crippen LogP contribution in [0.5, 0.6) is 0 Å². The van der Waals surface area contributed by atoms with Crippen LogP contribution < -0.4 is 10.6 Å². The molecule has 34 heavy (non-hydrogen) atoms. The molecule has 5 rings (SSSR count). The second kappa shape index (κ2) is 8.05. The van der Waals surface area contributed by atoms with Crippen molar-refractivity contribution >= 4 is 28.7 Å². The summed E-state index contributed by atoms with van der Waals surface area (Å²) in [7, 11) is 0. The Hall–Kier alpha value is -4.08. The summed E-state index contributed by atoms with van der Waals surface area (Å²) in [5.41, 5.74) is 4.42. The van der Waals surface area contributed by atoms with E-state index in [2.05, 4.69) is 68.6 Å². The number of imidazole rings is 1. The third-order valence-electron chi connectivity index (χ3n) is 5.91. The number of fused-ring (bicyclic) bond motifs is 2. The lowest BCUT2D eigenvalue weighted by Gasteiger charge is -2.18. The second-order valence-electron chi connectivity index (χ2n) is 9.47. The molecule has 0 bridgehead atoms. The highest BCUT2D eigenvalue weighted by Gasteiger charge is 2.25. The number of hydrogen-bond donors (Lipinski definition) is 3. The van der Waals surface area contributed by atoms with Gasteiger partial charge in [0, 0.05) is 18.1 Å². The van der Waals surface area contributed by atoms with Crippen LogP contribution in [0.4, 0.5) is 5.82 Å². The molecule has 3 aromatic heterocycles. The first-order valence-corrected chi connectivity index (χ1v) is 11.1. The lowest BCUT2D eigenvalue weighted by molar-refractivity contribution is -0.116. The molecule has 174 valence electrons. The van der Waals surface area contributed by atoms with Gasteiger partial charge in [0.25, 0.3) is 5.91 Å². The molecule has 4 aromatic rings. The van der Waals surface area contributed by atoms with Crippen molar-refractivity contribution in [2.75, 3.05) is 5.32 Å². The van der Waals surface area contributed by atoms with Gasteiger partial charge < -0.3 is 20.1 Å². The van der Waals surface area contributed by atoms with Gasteiger partial charge in [-0.2, -0.15) is 0 Å². The van der Waals surface area contributed by atoms with Gasteiger partial charge in [0.05, 0.1) is 17.1 Å². The van der Waals surface area contributed by atoms with Crippen LogP contribution in [0.15, 0.2) is 35.1 Å². The van der Waals surface area contributed by atoms with Crippen LogP contribution in [0.2, 0.25) is 0 Å². The van der Waals surface area contributed by atoms with Crippen LogP contribution >= 0.6 is 0 Å². The predicted molar refractivity (Wildman–Crippen MR) is 125 cm³/mol. The van der Waals surface area contributed by atoms with Crippen LogP contribution in [0.25, 0.3) is 22.6 Å². The number of carbonyl (C=O) groups excluding carboxylic acids is 2. The maximum absolute atomic E-state index is 12.9. The number of H-pyrrole nitrogens is 1. The minimum Gasteiger partial charge on any atom is -0.358 e. The van der Waals surface area contributed by atoms with Crippen molar-refractivity contribution in [1.29, 1.82) is 0 Å². The van der Waals surface area contributed by atoms with Crippen molar-refractivity contribution in [2.45, 2.75) is 52.0 Å². The highest BCUT2D eigenvalue weighted by molar-refractivity contribution is 5.99. The van der Waals surface area contributed by atoms with Gasteiger partial charge in [0.2, 0.25) is 5.91 Å². The fourth-order valence-electron chi connectivity index (χ4n) is 3.92. The number of nitrogens with zero attached hydrogens (tertiary/aromatic N) is 4. The largest absolute Gasteiger partial charge is 0.358 e. The van der Waals surface area contributed by atoms with Gasteiger partial charge in [-0.3, -0.25) is 9.59 Å². The Morgan fingerprint density at radius 1 is 1.18 bits per heavy atom. The summed E-state index contributed by atoms with van der Waals surface area (Å²) in [4.78, 5) is 40.6. The summed E-state index contributed by atoms with van der Waals surface area (Å²) in [5, 5.41) is 9.70. The molecule has 0 aliphatic carbocycles. The zero-order valence-electron chi connectivity index (χ0n) is 19.4. The molecule has 10 heteroatoms. The SMILES string of the molecule is C[C@@H](NC(=O)c1ncnc2c1CCC(=O)N2)c1cc(-c2nc3ccc(C(C)(C)C)cc3[nH]2)no1. The van der Waals surface area contributed by atoms with Gasteiger partial charge in [0.1, 0.15) is 23.5 Å². The Labute approximate surface area is 195 Å². The Morgan fingerprint density at radius 3 is 2.79 bits per heavy atom. The van der Waals surface area contributed by atoms with E-state index >= 15 is 0 Å². The van der Waals surface area contributed by atoms with Gasteiger partial charge >= 0.3 is 0 Å². The number of nitrogens with one attached hydrogen (secondary N) is 3. The van der Waals surface area contributed by atoms with E-state index in [9.17, 15) is 9.59 Å². The number of hydrogen-bond acceptors (Lipinski definition) is 7. The number of carbonyl (C=O) groups is 2. The van der Waals surface area contributed by atoms with Gasteiger partial charge in [-0.1, -0.05) is 32.0 Å². The number of rotatable bonds is 4. The molecule has 4 heterocycles. The molecule has 0 radical (unpaired) electrons. The third kappa shape index (κ3) is 4.02. The maximum Gasteiger partial charge on any atom is 0.270 e. The normalized spacial score (nSPS) is 14.5.